The topological polar surface area (TPSA) is 0 Å². The highest BCUT2D eigenvalue weighted by molar-refractivity contribution is 4.51. The molecule has 2 heteroatoms. The van der Waals surface area contributed by atoms with E-state index in [1.54, 1.807) is 0 Å². The van der Waals surface area contributed by atoms with Gasteiger partial charge in [-0.05, 0) is 38.0 Å². The van der Waals surface area contributed by atoms with Crippen LogP contribution in [0, 0.1) is 5.92 Å². The van der Waals surface area contributed by atoms with Crippen LogP contribution in [0.15, 0.2) is 0 Å². The summed E-state index contributed by atoms with van der Waals surface area (Å²) in [5.41, 5.74) is 0. The molecule has 25 heavy (non-hydrogen) atoms. The first-order chi connectivity index (χ1) is 11.5. The molecule has 1 unspecified atom stereocenters. The third kappa shape index (κ3) is 18.8. The molecule has 0 fully saturated rings. The zero-order chi connectivity index (χ0) is 18.1. The van der Waals surface area contributed by atoms with Gasteiger partial charge in [0.2, 0.25) is 0 Å². The van der Waals surface area contributed by atoms with Gasteiger partial charge in [-0.1, -0.05) is 85.5 Å². The summed E-state index contributed by atoms with van der Waals surface area (Å²) in [6.07, 6.45) is 20.1. The van der Waals surface area contributed by atoms with Crippen molar-refractivity contribution in [1.82, 2.24) is 0 Å². The molecule has 0 aliphatic rings. The van der Waals surface area contributed by atoms with Crippen LogP contribution in [0.3, 0.4) is 0 Å². The van der Waals surface area contributed by atoms with Crippen molar-refractivity contribution < 1.29 is 16.9 Å². The van der Waals surface area contributed by atoms with Crippen molar-refractivity contribution >= 4 is 0 Å². The van der Waals surface area contributed by atoms with Gasteiger partial charge in [-0.2, -0.15) is 0 Å². The Hall–Kier alpha value is 0.250. The Kier molecular flexibility index (Phi) is 20.9. The van der Waals surface area contributed by atoms with Crippen molar-refractivity contribution in [2.75, 3.05) is 26.7 Å². The standard InChI is InChI=1S/C23H50N.ClH/c1-6-8-9-17-21-24(5,20-7-2)22-18-15-13-11-10-12-14-16-19-23(3)4;/h23H,6-22H2,1-5H3;1H/q+1;/p-1. The molecule has 154 valence electrons. The number of hydrogen-bond acceptors (Lipinski definition) is 0. The minimum Gasteiger partial charge on any atom is -1.00 e. The fourth-order valence-corrected chi connectivity index (χ4v) is 3.90. The lowest BCUT2D eigenvalue weighted by Gasteiger charge is -2.34. The molecule has 0 aliphatic carbocycles. The minimum atomic E-state index is 0. The van der Waals surface area contributed by atoms with Gasteiger partial charge in [0.25, 0.3) is 0 Å². The quantitative estimate of drug-likeness (QED) is 0.242. The molecule has 0 bridgehead atoms. The number of nitrogens with zero attached hydrogens (tertiary/aromatic N) is 1. The predicted octanol–water partition coefficient (Wildman–Crippen LogP) is 4.59. The van der Waals surface area contributed by atoms with Gasteiger partial charge in [-0.15, -0.1) is 0 Å². The highest BCUT2D eigenvalue weighted by atomic mass is 35.5. The number of unbranched alkanes of at least 4 members (excludes halogenated alkanes) is 10. The molecule has 0 saturated carbocycles. The van der Waals surface area contributed by atoms with E-state index in [-0.39, 0.29) is 12.4 Å². The molecule has 0 rings (SSSR count). The number of rotatable bonds is 18. The summed E-state index contributed by atoms with van der Waals surface area (Å²) in [4.78, 5) is 0. The van der Waals surface area contributed by atoms with Gasteiger partial charge in [0.15, 0.2) is 0 Å². The number of quaternary nitrogens is 1. The summed E-state index contributed by atoms with van der Waals surface area (Å²) in [5, 5.41) is 0. The third-order valence-electron chi connectivity index (χ3n) is 5.54. The van der Waals surface area contributed by atoms with Gasteiger partial charge in [0.05, 0.1) is 26.7 Å². The van der Waals surface area contributed by atoms with Gasteiger partial charge in [0, 0.05) is 0 Å². The maximum absolute atomic E-state index is 2.50. The van der Waals surface area contributed by atoms with E-state index < -0.39 is 0 Å². The summed E-state index contributed by atoms with van der Waals surface area (Å²) in [6.45, 7) is 13.5. The van der Waals surface area contributed by atoms with Crippen LogP contribution in [0.2, 0.25) is 0 Å². The number of halogens is 1. The molecule has 0 radical (unpaired) electrons. The van der Waals surface area contributed by atoms with E-state index in [9.17, 15) is 0 Å². The van der Waals surface area contributed by atoms with E-state index in [0.29, 0.717) is 0 Å². The molecular formula is C23H50ClN. The second-order valence-corrected chi connectivity index (χ2v) is 8.86. The Labute approximate surface area is 167 Å². The van der Waals surface area contributed by atoms with Crippen molar-refractivity contribution in [2.24, 2.45) is 5.92 Å². The first kappa shape index (κ1) is 27.5. The summed E-state index contributed by atoms with van der Waals surface area (Å²) in [7, 11) is 2.50. The first-order valence-corrected chi connectivity index (χ1v) is 11.4. The van der Waals surface area contributed by atoms with E-state index in [0.717, 1.165) is 5.92 Å². The summed E-state index contributed by atoms with van der Waals surface area (Å²) < 4.78 is 1.33. The van der Waals surface area contributed by atoms with Crippen molar-refractivity contribution in [3.05, 3.63) is 0 Å². The zero-order valence-electron chi connectivity index (χ0n) is 18.4. The van der Waals surface area contributed by atoms with Crippen LogP contribution in [0.4, 0.5) is 0 Å². The van der Waals surface area contributed by atoms with Gasteiger partial charge < -0.3 is 16.9 Å². The van der Waals surface area contributed by atoms with E-state index >= 15 is 0 Å². The van der Waals surface area contributed by atoms with Crippen molar-refractivity contribution in [2.45, 2.75) is 118 Å². The molecule has 0 saturated heterocycles. The van der Waals surface area contributed by atoms with Crippen LogP contribution in [-0.2, 0) is 0 Å². The Morgan fingerprint density at radius 3 is 1.44 bits per heavy atom. The lowest BCUT2D eigenvalue weighted by molar-refractivity contribution is -0.910. The van der Waals surface area contributed by atoms with Crippen LogP contribution in [-0.4, -0.2) is 31.2 Å². The average Bonchev–Trinajstić information content (AvgIpc) is 2.53. The maximum Gasteiger partial charge on any atom is 0.0784 e. The molecule has 0 spiro atoms. The molecule has 0 N–H and O–H groups in total. The van der Waals surface area contributed by atoms with Crippen LogP contribution in [0.5, 0.6) is 0 Å². The fourth-order valence-electron chi connectivity index (χ4n) is 3.90. The molecule has 1 nitrogen and oxygen atoms in total. The van der Waals surface area contributed by atoms with E-state index in [4.69, 9.17) is 0 Å². The Bertz CT molecular complexity index is 254. The predicted molar refractivity (Wildman–Crippen MR) is 112 cm³/mol. The van der Waals surface area contributed by atoms with Crippen LogP contribution in [0.25, 0.3) is 0 Å². The van der Waals surface area contributed by atoms with Crippen LogP contribution < -0.4 is 12.4 Å². The molecule has 0 aromatic rings. The van der Waals surface area contributed by atoms with E-state index in [2.05, 4.69) is 34.7 Å². The molecule has 0 aromatic heterocycles. The summed E-state index contributed by atoms with van der Waals surface area (Å²) in [5.74, 6) is 0.891. The highest BCUT2D eigenvalue weighted by Gasteiger charge is 2.19. The molecule has 0 aliphatic heterocycles. The smallest absolute Gasteiger partial charge is 0.0784 e. The Morgan fingerprint density at radius 1 is 0.560 bits per heavy atom. The maximum atomic E-state index is 2.50. The van der Waals surface area contributed by atoms with Crippen molar-refractivity contribution in [3.8, 4) is 0 Å². The van der Waals surface area contributed by atoms with E-state index in [1.807, 2.05) is 0 Å². The molecular weight excluding hydrogens is 326 g/mol. The monoisotopic (exact) mass is 375 g/mol. The van der Waals surface area contributed by atoms with Crippen LogP contribution in [0.1, 0.15) is 118 Å². The summed E-state index contributed by atoms with van der Waals surface area (Å²) in [6, 6.07) is 0. The van der Waals surface area contributed by atoms with Gasteiger partial charge in [-0.3, -0.25) is 0 Å². The highest BCUT2D eigenvalue weighted by Crippen LogP contribution is 2.15. The van der Waals surface area contributed by atoms with Crippen molar-refractivity contribution in [1.29, 1.82) is 0 Å². The average molecular weight is 376 g/mol. The molecule has 0 amide bonds. The second kappa shape index (κ2) is 19.0. The van der Waals surface area contributed by atoms with Gasteiger partial charge in [0.1, 0.15) is 0 Å². The van der Waals surface area contributed by atoms with Crippen LogP contribution >= 0.6 is 0 Å². The van der Waals surface area contributed by atoms with Crippen molar-refractivity contribution in [3.63, 3.8) is 0 Å². The van der Waals surface area contributed by atoms with Gasteiger partial charge >= 0.3 is 0 Å². The first-order valence-electron chi connectivity index (χ1n) is 11.4. The summed E-state index contributed by atoms with van der Waals surface area (Å²) >= 11 is 0. The van der Waals surface area contributed by atoms with E-state index in [1.165, 1.54) is 114 Å². The zero-order valence-corrected chi connectivity index (χ0v) is 19.2. The molecule has 1 atom stereocenters. The molecule has 0 aromatic carbocycles. The third-order valence-corrected chi connectivity index (χ3v) is 5.54. The Balaban J connectivity index is 0. The van der Waals surface area contributed by atoms with Gasteiger partial charge in [-0.25, -0.2) is 0 Å². The fraction of sp³-hybridized carbons (Fsp3) is 1.00. The minimum absolute atomic E-state index is 0. The second-order valence-electron chi connectivity index (χ2n) is 8.86. The normalized spacial score (nSPS) is 13.7. The lowest BCUT2D eigenvalue weighted by atomic mass is 10.0. The largest absolute Gasteiger partial charge is 1.00 e. The molecule has 0 heterocycles. The lowest BCUT2D eigenvalue weighted by Crippen LogP contribution is -3.00. The number of hydrogen-bond donors (Lipinski definition) is 0. The SMILES string of the molecule is CCCCCC[N+](C)(CCC)CCCCCCCCCCC(C)C.[Cl-]. The Morgan fingerprint density at radius 2 is 1.00 bits per heavy atom.